The number of thiocarbonyl (C=S) groups is 1. The molecule has 44 heavy (non-hydrogen) atoms. The Morgan fingerprint density at radius 1 is 0.977 bits per heavy atom. The minimum Gasteiger partial charge on any atom is -0.480 e. The van der Waals surface area contributed by atoms with E-state index in [0.29, 0.717) is 34.2 Å². The van der Waals surface area contributed by atoms with Gasteiger partial charge in [-0.25, -0.2) is 4.79 Å². The van der Waals surface area contributed by atoms with Crippen LogP contribution in [0.1, 0.15) is 57.4 Å². The Morgan fingerprint density at radius 2 is 1.66 bits per heavy atom. The average Bonchev–Trinajstić information content (AvgIpc) is 3.68. The first-order valence-electron chi connectivity index (χ1n) is 14.4. The first kappa shape index (κ1) is 28.7. The van der Waals surface area contributed by atoms with Gasteiger partial charge in [-0.2, -0.15) is 0 Å². The Balaban J connectivity index is 1.24. The number of carboxylic acids is 1. The SMILES string of the molecule is CC1(C)CCN2CCC(C)(C)c3c2c1cc1cc(-c2ccc(-c4ccc(/C=C5\SC(=S)N(CC(=O)O)C5=O)o4)o2)c(=O)oc31. The van der Waals surface area contributed by atoms with Crippen LogP contribution in [-0.2, 0) is 20.4 Å². The number of anilines is 1. The van der Waals surface area contributed by atoms with Gasteiger partial charge >= 0.3 is 11.6 Å². The summed E-state index contributed by atoms with van der Waals surface area (Å²) in [6.07, 6.45) is 3.55. The molecular formula is C33H30N2O7S2. The van der Waals surface area contributed by atoms with Gasteiger partial charge in [0.2, 0.25) is 0 Å². The van der Waals surface area contributed by atoms with Crippen LogP contribution in [0.2, 0.25) is 0 Å². The standard InChI is InChI=1S/C33H30N2O7S2/c1-32(2)9-11-34-12-10-33(3,4)26-27(34)20(32)14-17-13-19(30(39)42-28(17)26)21-7-8-23(41-21)22-6-5-18(40-22)15-24-29(38)35(16-25(36)37)31(43)44-24/h5-8,13-15H,9-12,16H2,1-4H3,(H,36,37)/b24-15-. The zero-order chi connectivity index (χ0) is 31.1. The molecule has 7 rings (SSSR count). The summed E-state index contributed by atoms with van der Waals surface area (Å²) in [5.41, 5.74) is 3.95. The van der Waals surface area contributed by atoms with E-state index < -0.39 is 24.0 Å². The highest BCUT2D eigenvalue weighted by molar-refractivity contribution is 8.26. The second kappa shape index (κ2) is 9.97. The predicted octanol–water partition coefficient (Wildman–Crippen LogP) is 6.77. The van der Waals surface area contributed by atoms with Crippen molar-refractivity contribution in [1.82, 2.24) is 4.90 Å². The smallest absolute Gasteiger partial charge is 0.347 e. The molecule has 3 aliphatic heterocycles. The number of furan rings is 2. The summed E-state index contributed by atoms with van der Waals surface area (Å²) in [6, 6.07) is 10.8. The highest BCUT2D eigenvalue weighted by Crippen LogP contribution is 2.51. The molecule has 1 aromatic carbocycles. The van der Waals surface area contributed by atoms with Crippen molar-refractivity contribution in [2.24, 2.45) is 0 Å². The number of thioether (sulfide) groups is 1. The van der Waals surface area contributed by atoms with Crippen LogP contribution >= 0.6 is 24.0 Å². The summed E-state index contributed by atoms with van der Waals surface area (Å²) >= 11 is 6.17. The van der Waals surface area contributed by atoms with Crippen LogP contribution in [0.5, 0.6) is 0 Å². The minimum atomic E-state index is -1.15. The lowest BCUT2D eigenvalue weighted by Gasteiger charge is -2.48. The number of carbonyl (C=O) groups is 2. The second-order valence-corrected chi connectivity index (χ2v) is 14.5. The molecule has 1 fully saturated rings. The fourth-order valence-corrected chi connectivity index (χ4v) is 7.64. The van der Waals surface area contributed by atoms with Crippen LogP contribution in [0, 0.1) is 0 Å². The van der Waals surface area contributed by atoms with Crippen LogP contribution < -0.4 is 10.5 Å². The first-order chi connectivity index (χ1) is 20.8. The van der Waals surface area contributed by atoms with Crippen molar-refractivity contribution >= 4 is 62.9 Å². The fourth-order valence-electron chi connectivity index (χ4n) is 6.40. The second-order valence-electron chi connectivity index (χ2n) is 12.8. The Kier molecular flexibility index (Phi) is 6.49. The van der Waals surface area contributed by atoms with Gasteiger partial charge in [-0.15, -0.1) is 0 Å². The van der Waals surface area contributed by atoms with Gasteiger partial charge < -0.3 is 23.3 Å². The van der Waals surface area contributed by atoms with E-state index in [0.717, 1.165) is 53.5 Å². The van der Waals surface area contributed by atoms with Crippen molar-refractivity contribution < 1.29 is 27.9 Å². The average molecular weight is 631 g/mol. The summed E-state index contributed by atoms with van der Waals surface area (Å²) in [5.74, 6) is -0.109. The number of hydrogen-bond acceptors (Lipinski definition) is 9. The fraction of sp³-hybridized carbons (Fsp3) is 0.333. The monoisotopic (exact) mass is 630 g/mol. The molecule has 3 aliphatic rings. The Morgan fingerprint density at radius 3 is 2.41 bits per heavy atom. The molecule has 9 nitrogen and oxygen atoms in total. The molecule has 1 saturated heterocycles. The van der Waals surface area contributed by atoms with Gasteiger partial charge in [-0.1, -0.05) is 51.7 Å². The number of benzene rings is 1. The van der Waals surface area contributed by atoms with E-state index in [9.17, 15) is 14.4 Å². The molecule has 226 valence electrons. The zero-order valence-electron chi connectivity index (χ0n) is 24.7. The number of hydrogen-bond donors (Lipinski definition) is 1. The number of amides is 1. The van der Waals surface area contributed by atoms with Crippen LogP contribution in [-0.4, -0.2) is 45.8 Å². The molecule has 0 radical (unpaired) electrons. The molecule has 0 spiro atoms. The number of carbonyl (C=O) groups excluding carboxylic acids is 1. The van der Waals surface area contributed by atoms with Crippen LogP contribution in [0.4, 0.5) is 5.69 Å². The first-order valence-corrected chi connectivity index (χ1v) is 15.6. The summed E-state index contributed by atoms with van der Waals surface area (Å²) in [6.45, 7) is 10.5. The topological polar surface area (TPSA) is 117 Å². The molecule has 0 unspecified atom stereocenters. The quantitative estimate of drug-likeness (QED) is 0.144. The molecule has 0 aliphatic carbocycles. The van der Waals surface area contributed by atoms with E-state index in [1.54, 1.807) is 24.3 Å². The highest BCUT2D eigenvalue weighted by atomic mass is 32.2. The maximum absolute atomic E-state index is 13.4. The third-order valence-corrected chi connectivity index (χ3v) is 10.3. The largest absolute Gasteiger partial charge is 0.480 e. The lowest BCUT2D eigenvalue weighted by molar-refractivity contribution is -0.140. The molecule has 1 N–H and O–H groups in total. The number of aliphatic carboxylic acids is 1. The molecule has 0 bridgehead atoms. The summed E-state index contributed by atoms with van der Waals surface area (Å²) in [5, 5.41) is 9.93. The normalized spacial score (nSPS) is 19.7. The maximum atomic E-state index is 13.4. The van der Waals surface area contributed by atoms with Crippen molar-refractivity contribution in [2.45, 2.75) is 51.4 Å². The van der Waals surface area contributed by atoms with E-state index in [4.69, 9.17) is 30.6 Å². The lowest BCUT2D eigenvalue weighted by atomic mass is 9.69. The molecule has 6 heterocycles. The molecular weight excluding hydrogens is 601 g/mol. The molecule has 0 atom stereocenters. The van der Waals surface area contributed by atoms with Gasteiger partial charge in [0.05, 0.1) is 4.91 Å². The van der Waals surface area contributed by atoms with E-state index in [-0.39, 0.29) is 20.1 Å². The van der Waals surface area contributed by atoms with Gasteiger partial charge in [0.1, 0.15) is 33.5 Å². The van der Waals surface area contributed by atoms with Crippen LogP contribution in [0.3, 0.4) is 0 Å². The Labute approximate surface area is 262 Å². The van der Waals surface area contributed by atoms with E-state index >= 15 is 0 Å². The summed E-state index contributed by atoms with van der Waals surface area (Å²) in [7, 11) is 0. The molecule has 1 amide bonds. The Bertz CT molecular complexity index is 1990. The number of fused-ring (bicyclic) bond motifs is 2. The van der Waals surface area contributed by atoms with Gasteiger partial charge in [0.25, 0.3) is 5.91 Å². The third-order valence-electron chi connectivity index (χ3n) is 8.91. The van der Waals surface area contributed by atoms with Crippen molar-refractivity contribution in [3.8, 4) is 22.8 Å². The molecule has 0 saturated carbocycles. The summed E-state index contributed by atoms with van der Waals surface area (Å²) in [4.78, 5) is 40.9. The van der Waals surface area contributed by atoms with Crippen molar-refractivity contribution in [1.29, 1.82) is 0 Å². The van der Waals surface area contributed by atoms with Gasteiger partial charge in [-0.3, -0.25) is 14.5 Å². The zero-order valence-corrected chi connectivity index (χ0v) is 26.3. The summed E-state index contributed by atoms with van der Waals surface area (Å²) < 4.78 is 18.3. The minimum absolute atomic E-state index is 0.0102. The predicted molar refractivity (Wildman–Crippen MR) is 173 cm³/mol. The number of rotatable bonds is 5. The molecule has 11 heteroatoms. The van der Waals surface area contributed by atoms with E-state index in [1.807, 2.05) is 6.07 Å². The highest BCUT2D eigenvalue weighted by Gasteiger charge is 2.42. The molecule has 3 aromatic heterocycles. The van der Waals surface area contributed by atoms with Crippen molar-refractivity contribution in [2.75, 3.05) is 24.5 Å². The van der Waals surface area contributed by atoms with Crippen LogP contribution in [0.25, 0.3) is 39.9 Å². The third kappa shape index (κ3) is 4.60. The van der Waals surface area contributed by atoms with Gasteiger partial charge in [0.15, 0.2) is 11.5 Å². The van der Waals surface area contributed by atoms with Crippen molar-refractivity contribution in [3.05, 3.63) is 68.6 Å². The van der Waals surface area contributed by atoms with Crippen LogP contribution in [0.15, 0.2) is 59.3 Å². The van der Waals surface area contributed by atoms with E-state index in [2.05, 4.69) is 38.7 Å². The molecule has 4 aromatic rings. The van der Waals surface area contributed by atoms with Gasteiger partial charge in [0, 0.05) is 35.8 Å². The maximum Gasteiger partial charge on any atom is 0.347 e. The van der Waals surface area contributed by atoms with E-state index in [1.165, 1.54) is 17.3 Å². The number of nitrogens with zero attached hydrogens (tertiary/aromatic N) is 2. The Hall–Kier alpha value is -4.09. The lowest BCUT2D eigenvalue weighted by Crippen LogP contribution is -2.44. The van der Waals surface area contributed by atoms with Gasteiger partial charge in [-0.05, 0) is 65.6 Å². The number of carboxylic acid groups (broad SMARTS) is 1. The van der Waals surface area contributed by atoms with Crippen molar-refractivity contribution in [3.63, 3.8) is 0 Å².